The quantitative estimate of drug-likeness (QED) is 0.106. The van der Waals surface area contributed by atoms with E-state index in [4.69, 9.17) is 29.1 Å². The van der Waals surface area contributed by atoms with E-state index in [0.717, 1.165) is 11.8 Å². The monoisotopic (exact) mass is 732 g/mol. The molecule has 0 radical (unpaired) electrons. The molecule has 0 saturated carbocycles. The maximum absolute atomic E-state index is 13.0. The number of amides is 3. The smallest absolute Gasteiger partial charge is 0.407 e. The molecule has 280 valence electrons. The number of nitrogens with two attached hydrogens (primary N) is 1. The van der Waals surface area contributed by atoms with Gasteiger partial charge in [-0.3, -0.25) is 9.59 Å². The third-order valence-electron chi connectivity index (χ3n) is 6.54. The number of nitrogens with one attached hydrogen (secondary N) is 3. The summed E-state index contributed by atoms with van der Waals surface area (Å²) in [6.45, 7) is 6.47. The van der Waals surface area contributed by atoms with Gasteiger partial charge < -0.3 is 45.0 Å². The number of ether oxygens (including phenoxy) is 4. The summed E-state index contributed by atoms with van der Waals surface area (Å²) in [6, 6.07) is 9.83. The standard InChI is InChI=1S/C33H39F3N8O8/c1-32(2,3)52-31(47)39-10-11-48-12-13-49-14-15-50-18-21-4-6-23(7-5-21)44-17-24(27(43-44)28(37)45)41-29(46)25-19-51-30(42-25)22-8-9-38-26(16-22)40-20-33(34,35)36/h4-9,16-17,19H,10-15,18,20H2,1-3H3,(H2,37,45)(H,38,40)(H,39,47)(H,41,46). The van der Waals surface area contributed by atoms with Crippen LogP contribution in [-0.2, 0) is 25.6 Å². The second-order valence-electron chi connectivity index (χ2n) is 12.0. The van der Waals surface area contributed by atoms with Gasteiger partial charge in [0.1, 0.15) is 24.2 Å². The minimum atomic E-state index is -4.44. The molecule has 4 aromatic rings. The Hall–Kier alpha value is -5.53. The summed E-state index contributed by atoms with van der Waals surface area (Å²) in [6.07, 6.45) is -1.21. The Bertz CT molecular complexity index is 1790. The van der Waals surface area contributed by atoms with E-state index < -0.39 is 36.2 Å². The number of carbonyl (C=O) groups excluding carboxylic acids is 3. The third-order valence-corrected chi connectivity index (χ3v) is 6.54. The van der Waals surface area contributed by atoms with E-state index in [1.54, 1.807) is 45.0 Å². The number of alkyl halides is 3. The Morgan fingerprint density at radius 1 is 0.962 bits per heavy atom. The fourth-order valence-electron chi connectivity index (χ4n) is 4.24. The van der Waals surface area contributed by atoms with Crippen LogP contribution in [0.15, 0.2) is 59.5 Å². The van der Waals surface area contributed by atoms with Gasteiger partial charge in [0.2, 0.25) is 5.89 Å². The summed E-state index contributed by atoms with van der Waals surface area (Å²) in [5.41, 5.74) is 6.28. The lowest BCUT2D eigenvalue weighted by Gasteiger charge is -2.19. The van der Waals surface area contributed by atoms with Crippen molar-refractivity contribution in [2.45, 2.75) is 39.2 Å². The van der Waals surface area contributed by atoms with Gasteiger partial charge in [0.05, 0.1) is 57.2 Å². The lowest BCUT2D eigenvalue weighted by Crippen LogP contribution is -2.34. The zero-order valence-corrected chi connectivity index (χ0v) is 28.6. The molecule has 16 nitrogen and oxygen atoms in total. The van der Waals surface area contributed by atoms with E-state index in [1.165, 1.54) is 29.2 Å². The third kappa shape index (κ3) is 13.0. The minimum absolute atomic E-state index is 0.0138. The van der Waals surface area contributed by atoms with E-state index in [9.17, 15) is 27.6 Å². The number of oxazole rings is 1. The lowest BCUT2D eigenvalue weighted by atomic mass is 10.2. The first kappa shape index (κ1) is 39.3. The van der Waals surface area contributed by atoms with Crippen LogP contribution in [-0.4, -0.2) is 95.6 Å². The Labute approximate surface area is 296 Å². The fourth-order valence-corrected chi connectivity index (χ4v) is 4.24. The molecule has 0 bridgehead atoms. The van der Waals surface area contributed by atoms with Gasteiger partial charge >= 0.3 is 12.3 Å². The molecular formula is C33H39F3N8O8. The first-order chi connectivity index (χ1) is 24.7. The molecule has 5 N–H and O–H groups in total. The number of pyridine rings is 1. The van der Waals surface area contributed by atoms with Crippen molar-refractivity contribution in [1.29, 1.82) is 0 Å². The van der Waals surface area contributed by atoms with Gasteiger partial charge in [-0.15, -0.1) is 0 Å². The highest BCUT2D eigenvalue weighted by atomic mass is 19.4. The average molecular weight is 733 g/mol. The fraction of sp³-hybridized carbons (Fsp3) is 0.394. The summed E-state index contributed by atoms with van der Waals surface area (Å²) < 4.78 is 66.1. The van der Waals surface area contributed by atoms with Gasteiger partial charge in [0.15, 0.2) is 11.4 Å². The highest BCUT2D eigenvalue weighted by molar-refractivity contribution is 6.07. The summed E-state index contributed by atoms with van der Waals surface area (Å²) >= 11 is 0. The van der Waals surface area contributed by atoms with E-state index in [-0.39, 0.29) is 34.3 Å². The van der Waals surface area contributed by atoms with Crippen LogP contribution in [0.3, 0.4) is 0 Å². The van der Waals surface area contributed by atoms with Crippen molar-refractivity contribution in [3.05, 3.63) is 72.0 Å². The number of carbonyl (C=O) groups is 3. The molecule has 3 heterocycles. The van der Waals surface area contributed by atoms with Crippen LogP contribution in [0.25, 0.3) is 17.1 Å². The van der Waals surface area contributed by atoms with Crippen molar-refractivity contribution < 1.29 is 50.9 Å². The van der Waals surface area contributed by atoms with Crippen molar-refractivity contribution in [2.24, 2.45) is 5.73 Å². The van der Waals surface area contributed by atoms with Crippen LogP contribution in [0, 0.1) is 0 Å². The zero-order chi connectivity index (χ0) is 37.7. The molecule has 0 aliphatic rings. The van der Waals surface area contributed by atoms with Crippen LogP contribution < -0.4 is 21.7 Å². The number of rotatable bonds is 18. The number of primary amides is 1. The van der Waals surface area contributed by atoms with E-state index in [0.29, 0.717) is 51.9 Å². The van der Waals surface area contributed by atoms with Crippen LogP contribution in [0.5, 0.6) is 0 Å². The van der Waals surface area contributed by atoms with Crippen molar-refractivity contribution in [2.75, 3.05) is 56.8 Å². The minimum Gasteiger partial charge on any atom is -0.444 e. The second-order valence-corrected chi connectivity index (χ2v) is 12.0. The molecule has 0 unspecified atom stereocenters. The SMILES string of the molecule is CC(C)(C)OC(=O)NCCOCCOCCOCc1ccc(-n2cc(NC(=O)c3coc(-c4ccnc(NCC(F)(F)F)c4)n3)c(C(N)=O)n2)cc1. The van der Waals surface area contributed by atoms with Gasteiger partial charge in [-0.25, -0.2) is 19.4 Å². The summed E-state index contributed by atoms with van der Waals surface area (Å²) in [7, 11) is 0. The molecule has 0 aliphatic heterocycles. The van der Waals surface area contributed by atoms with Gasteiger partial charge in [-0.05, 0) is 50.6 Å². The van der Waals surface area contributed by atoms with Gasteiger partial charge in [0.25, 0.3) is 11.8 Å². The van der Waals surface area contributed by atoms with Crippen LogP contribution in [0.4, 0.5) is 29.5 Å². The maximum atomic E-state index is 13.0. The summed E-state index contributed by atoms with van der Waals surface area (Å²) in [5.74, 6) is -1.75. The van der Waals surface area contributed by atoms with Crippen LogP contribution in [0.2, 0.25) is 0 Å². The number of hydrogen-bond acceptors (Lipinski definition) is 12. The number of hydrogen-bond donors (Lipinski definition) is 4. The van der Waals surface area contributed by atoms with E-state index in [1.807, 2.05) is 0 Å². The van der Waals surface area contributed by atoms with Crippen LogP contribution >= 0.6 is 0 Å². The normalized spacial score (nSPS) is 11.7. The Balaban J connectivity index is 1.21. The Morgan fingerprint density at radius 3 is 2.33 bits per heavy atom. The van der Waals surface area contributed by atoms with Crippen molar-refractivity contribution >= 4 is 29.4 Å². The number of halogens is 3. The first-order valence-corrected chi connectivity index (χ1v) is 15.9. The molecule has 0 saturated heterocycles. The topological polar surface area (TPSA) is 207 Å². The second kappa shape index (κ2) is 18.1. The molecule has 0 atom stereocenters. The Morgan fingerprint density at radius 2 is 1.65 bits per heavy atom. The van der Waals surface area contributed by atoms with Gasteiger partial charge in [0, 0.05) is 18.3 Å². The molecule has 3 aromatic heterocycles. The van der Waals surface area contributed by atoms with Crippen LogP contribution in [0.1, 0.15) is 47.3 Å². The van der Waals surface area contributed by atoms with E-state index >= 15 is 0 Å². The molecule has 4 rings (SSSR count). The largest absolute Gasteiger partial charge is 0.444 e. The highest BCUT2D eigenvalue weighted by Gasteiger charge is 2.27. The van der Waals surface area contributed by atoms with Crippen molar-refractivity contribution in [1.82, 2.24) is 25.1 Å². The number of benzene rings is 1. The summed E-state index contributed by atoms with van der Waals surface area (Å²) in [4.78, 5) is 44.6. The lowest BCUT2D eigenvalue weighted by molar-refractivity contribution is -0.115. The van der Waals surface area contributed by atoms with Gasteiger partial charge in [-0.1, -0.05) is 12.1 Å². The summed E-state index contributed by atoms with van der Waals surface area (Å²) in [5, 5.41) is 11.5. The molecule has 0 aliphatic carbocycles. The maximum Gasteiger partial charge on any atom is 0.407 e. The van der Waals surface area contributed by atoms with Crippen molar-refractivity contribution in [3.8, 4) is 17.1 Å². The first-order valence-electron chi connectivity index (χ1n) is 15.9. The predicted molar refractivity (Wildman–Crippen MR) is 180 cm³/mol. The molecular weight excluding hydrogens is 693 g/mol. The van der Waals surface area contributed by atoms with E-state index in [2.05, 4.69) is 31.0 Å². The Kier molecular flexibility index (Phi) is 13.7. The van der Waals surface area contributed by atoms with Gasteiger partial charge in [-0.2, -0.15) is 18.3 Å². The predicted octanol–water partition coefficient (Wildman–Crippen LogP) is 4.32. The molecule has 19 heteroatoms. The number of anilines is 2. The number of nitrogens with zero attached hydrogens (tertiary/aromatic N) is 4. The molecule has 0 fully saturated rings. The molecule has 52 heavy (non-hydrogen) atoms. The molecule has 0 spiro atoms. The number of aromatic nitrogens is 4. The average Bonchev–Trinajstić information content (AvgIpc) is 3.74. The molecule has 3 amide bonds. The van der Waals surface area contributed by atoms with Crippen molar-refractivity contribution in [3.63, 3.8) is 0 Å². The highest BCUT2D eigenvalue weighted by Crippen LogP contribution is 2.24. The molecule has 1 aromatic carbocycles. The number of alkyl carbamates (subject to hydrolysis) is 1. The zero-order valence-electron chi connectivity index (χ0n) is 28.6.